The summed E-state index contributed by atoms with van der Waals surface area (Å²) in [5.41, 5.74) is 0. The van der Waals surface area contributed by atoms with Gasteiger partial charge in [-0.1, -0.05) is 27.7 Å². The van der Waals surface area contributed by atoms with Crippen molar-refractivity contribution in [3.05, 3.63) is 0 Å². The number of nitrogens with zero attached hydrogens (tertiary/aromatic N) is 1. The van der Waals surface area contributed by atoms with Gasteiger partial charge in [0.1, 0.15) is 0 Å². The van der Waals surface area contributed by atoms with Gasteiger partial charge in [0.15, 0.2) is 0 Å². The summed E-state index contributed by atoms with van der Waals surface area (Å²) in [5.74, 6) is 2.49. The summed E-state index contributed by atoms with van der Waals surface area (Å²) < 4.78 is 0. The van der Waals surface area contributed by atoms with Crippen LogP contribution in [0.3, 0.4) is 0 Å². The Morgan fingerprint density at radius 3 is 2.29 bits per heavy atom. The maximum atomic E-state index is 3.61. The van der Waals surface area contributed by atoms with Gasteiger partial charge in [-0.05, 0) is 63.7 Å². The van der Waals surface area contributed by atoms with Crippen LogP contribution in [-0.4, -0.2) is 37.6 Å². The second-order valence-corrected chi connectivity index (χ2v) is 6.62. The third kappa shape index (κ3) is 5.39. The van der Waals surface area contributed by atoms with Crippen LogP contribution in [0.4, 0.5) is 0 Å². The fraction of sp³-hybridized carbons (Fsp3) is 1.00. The third-order valence-corrected chi connectivity index (χ3v) is 3.96. The number of rotatable bonds is 8. The Morgan fingerprint density at radius 1 is 1.12 bits per heavy atom. The van der Waals surface area contributed by atoms with Crippen molar-refractivity contribution in [1.29, 1.82) is 0 Å². The van der Waals surface area contributed by atoms with E-state index in [-0.39, 0.29) is 0 Å². The highest BCUT2D eigenvalue weighted by atomic mass is 15.1. The molecule has 1 N–H and O–H groups in total. The molecular weight excluding hydrogens is 208 g/mol. The number of hydrogen-bond donors (Lipinski definition) is 1. The molecule has 0 radical (unpaired) electrons. The lowest BCUT2D eigenvalue weighted by Gasteiger charge is -2.43. The first-order valence-corrected chi connectivity index (χ1v) is 7.41. The van der Waals surface area contributed by atoms with Crippen LogP contribution in [0.5, 0.6) is 0 Å². The van der Waals surface area contributed by atoms with Gasteiger partial charge in [0.2, 0.25) is 0 Å². The largest absolute Gasteiger partial charge is 0.316 e. The Labute approximate surface area is 108 Å². The predicted molar refractivity (Wildman–Crippen MR) is 76.3 cm³/mol. The molecule has 0 aromatic carbocycles. The van der Waals surface area contributed by atoms with Gasteiger partial charge < -0.3 is 10.2 Å². The zero-order valence-electron chi connectivity index (χ0n) is 12.5. The van der Waals surface area contributed by atoms with Crippen LogP contribution >= 0.6 is 0 Å². The van der Waals surface area contributed by atoms with Gasteiger partial charge in [0, 0.05) is 6.04 Å². The van der Waals surface area contributed by atoms with Gasteiger partial charge >= 0.3 is 0 Å². The second kappa shape index (κ2) is 7.38. The van der Waals surface area contributed by atoms with E-state index in [4.69, 9.17) is 0 Å². The molecule has 102 valence electrons. The van der Waals surface area contributed by atoms with Gasteiger partial charge in [0.05, 0.1) is 0 Å². The van der Waals surface area contributed by atoms with E-state index in [2.05, 4.69) is 45.0 Å². The molecule has 0 amide bonds. The topological polar surface area (TPSA) is 15.3 Å². The number of hydrogen-bond acceptors (Lipinski definition) is 2. The summed E-state index contributed by atoms with van der Waals surface area (Å²) in [6, 6.07) is 0.841. The minimum Gasteiger partial charge on any atom is -0.316 e. The summed E-state index contributed by atoms with van der Waals surface area (Å²) in [6.07, 6.45) is 4.16. The van der Waals surface area contributed by atoms with E-state index < -0.39 is 0 Å². The summed E-state index contributed by atoms with van der Waals surface area (Å²) in [5, 5.41) is 3.61. The maximum absolute atomic E-state index is 3.61. The monoisotopic (exact) mass is 240 g/mol. The highest BCUT2D eigenvalue weighted by Crippen LogP contribution is 2.31. The van der Waals surface area contributed by atoms with Gasteiger partial charge in [-0.2, -0.15) is 0 Å². The zero-order valence-corrected chi connectivity index (χ0v) is 12.5. The van der Waals surface area contributed by atoms with E-state index in [1.165, 1.54) is 38.9 Å². The van der Waals surface area contributed by atoms with Crippen molar-refractivity contribution in [3.63, 3.8) is 0 Å². The first kappa shape index (κ1) is 15.0. The maximum Gasteiger partial charge on any atom is 0.0133 e. The Balaban J connectivity index is 2.16. The van der Waals surface area contributed by atoms with E-state index in [1.54, 1.807) is 0 Å². The van der Waals surface area contributed by atoms with Crippen LogP contribution in [0.15, 0.2) is 0 Å². The lowest BCUT2D eigenvalue weighted by Crippen LogP contribution is -2.49. The molecule has 2 heteroatoms. The minimum atomic E-state index is 0.771. The molecule has 1 fully saturated rings. The van der Waals surface area contributed by atoms with Crippen molar-refractivity contribution in [1.82, 2.24) is 10.2 Å². The Kier molecular flexibility index (Phi) is 6.50. The SMILES string of the molecule is CC(C)CCN(C)C1CCC1CNCC(C)C. The molecule has 1 aliphatic rings. The summed E-state index contributed by atoms with van der Waals surface area (Å²) in [6.45, 7) is 12.8. The molecule has 1 rings (SSSR count). The Morgan fingerprint density at radius 2 is 1.82 bits per heavy atom. The average molecular weight is 240 g/mol. The third-order valence-electron chi connectivity index (χ3n) is 3.96. The van der Waals surface area contributed by atoms with E-state index >= 15 is 0 Å². The van der Waals surface area contributed by atoms with Crippen LogP contribution in [-0.2, 0) is 0 Å². The lowest BCUT2D eigenvalue weighted by molar-refractivity contribution is 0.0797. The van der Waals surface area contributed by atoms with Crippen molar-refractivity contribution < 1.29 is 0 Å². The van der Waals surface area contributed by atoms with Crippen molar-refractivity contribution >= 4 is 0 Å². The first-order valence-electron chi connectivity index (χ1n) is 7.41. The predicted octanol–water partition coefficient (Wildman–Crippen LogP) is 2.99. The van der Waals surface area contributed by atoms with E-state index in [0.717, 1.165) is 23.8 Å². The lowest BCUT2D eigenvalue weighted by atomic mass is 9.78. The highest BCUT2D eigenvalue weighted by Gasteiger charge is 2.33. The Bertz CT molecular complexity index is 201. The molecule has 1 saturated carbocycles. The molecule has 0 aromatic rings. The fourth-order valence-electron chi connectivity index (χ4n) is 2.55. The molecule has 17 heavy (non-hydrogen) atoms. The van der Waals surface area contributed by atoms with Gasteiger partial charge in [-0.3, -0.25) is 0 Å². The van der Waals surface area contributed by atoms with E-state index in [0.29, 0.717) is 0 Å². The quantitative estimate of drug-likeness (QED) is 0.701. The van der Waals surface area contributed by atoms with E-state index in [1.807, 2.05) is 0 Å². The van der Waals surface area contributed by atoms with Crippen LogP contribution in [0.25, 0.3) is 0 Å². The second-order valence-electron chi connectivity index (χ2n) is 6.62. The standard InChI is InChI=1S/C15H32N2/c1-12(2)8-9-17(5)15-7-6-14(15)11-16-10-13(3)4/h12-16H,6-11H2,1-5H3. The average Bonchev–Trinajstić information content (AvgIpc) is 2.19. The van der Waals surface area contributed by atoms with Gasteiger partial charge in [-0.25, -0.2) is 0 Å². The van der Waals surface area contributed by atoms with Crippen LogP contribution < -0.4 is 5.32 Å². The molecule has 0 heterocycles. The zero-order chi connectivity index (χ0) is 12.8. The van der Waals surface area contributed by atoms with Gasteiger partial charge in [-0.15, -0.1) is 0 Å². The van der Waals surface area contributed by atoms with Crippen molar-refractivity contribution in [3.8, 4) is 0 Å². The highest BCUT2D eigenvalue weighted by molar-refractivity contribution is 4.89. The Hall–Kier alpha value is -0.0800. The normalized spacial score (nSPS) is 24.7. The molecule has 2 unspecified atom stereocenters. The van der Waals surface area contributed by atoms with Crippen molar-refractivity contribution in [2.45, 2.75) is 53.0 Å². The van der Waals surface area contributed by atoms with Crippen LogP contribution in [0, 0.1) is 17.8 Å². The molecule has 0 bridgehead atoms. The summed E-state index contributed by atoms with van der Waals surface area (Å²) in [4.78, 5) is 2.59. The summed E-state index contributed by atoms with van der Waals surface area (Å²) in [7, 11) is 2.31. The summed E-state index contributed by atoms with van der Waals surface area (Å²) >= 11 is 0. The molecule has 0 aromatic heterocycles. The molecule has 2 nitrogen and oxygen atoms in total. The van der Waals surface area contributed by atoms with Crippen LogP contribution in [0.2, 0.25) is 0 Å². The fourth-order valence-corrected chi connectivity index (χ4v) is 2.55. The molecular formula is C15H32N2. The molecule has 2 atom stereocenters. The first-order chi connectivity index (χ1) is 8.00. The number of nitrogens with one attached hydrogen (secondary N) is 1. The van der Waals surface area contributed by atoms with Crippen molar-refractivity contribution in [2.24, 2.45) is 17.8 Å². The smallest absolute Gasteiger partial charge is 0.0133 e. The molecule has 0 aliphatic heterocycles. The van der Waals surface area contributed by atoms with E-state index in [9.17, 15) is 0 Å². The molecule has 0 spiro atoms. The van der Waals surface area contributed by atoms with Gasteiger partial charge in [0.25, 0.3) is 0 Å². The molecule has 1 aliphatic carbocycles. The molecule has 0 saturated heterocycles. The van der Waals surface area contributed by atoms with Crippen molar-refractivity contribution in [2.75, 3.05) is 26.7 Å². The minimum absolute atomic E-state index is 0.771. The van der Waals surface area contributed by atoms with Crippen LogP contribution in [0.1, 0.15) is 47.0 Å².